The Bertz CT molecular complexity index is 683. The van der Waals surface area contributed by atoms with Crippen molar-refractivity contribution in [2.24, 2.45) is 11.7 Å². The summed E-state index contributed by atoms with van der Waals surface area (Å²) >= 11 is 0. The predicted octanol–water partition coefficient (Wildman–Crippen LogP) is 2.05. The average molecular weight is 327 g/mol. The third-order valence-corrected chi connectivity index (χ3v) is 4.76. The van der Waals surface area contributed by atoms with Gasteiger partial charge in [-0.25, -0.2) is 9.67 Å². The van der Waals surface area contributed by atoms with Crippen molar-refractivity contribution in [3.63, 3.8) is 0 Å². The summed E-state index contributed by atoms with van der Waals surface area (Å²) in [6.45, 7) is 5.16. The Morgan fingerprint density at radius 2 is 2.21 bits per heavy atom. The number of hydrogen-bond donors (Lipinski definition) is 1. The van der Waals surface area contributed by atoms with Gasteiger partial charge in [-0.2, -0.15) is 5.10 Å². The maximum absolute atomic E-state index is 11.1. The standard InChI is InChI=1S/C18H25N5O/c1-14-9-16(4-5-17(14)23-13-20-12-21-23)11-22-7-2-3-15(6-8-22)10-18(19)24/h4-5,9,12-13,15H,2-3,6-8,10-11H2,1H3,(H2,19,24). The van der Waals surface area contributed by atoms with Crippen LogP contribution in [-0.2, 0) is 11.3 Å². The van der Waals surface area contributed by atoms with Crippen LogP contribution in [0, 0.1) is 12.8 Å². The molecule has 0 spiro atoms. The van der Waals surface area contributed by atoms with Gasteiger partial charge in [-0.1, -0.05) is 12.1 Å². The Morgan fingerprint density at radius 1 is 1.33 bits per heavy atom. The molecular formula is C18H25N5O. The van der Waals surface area contributed by atoms with Gasteiger partial charge in [0.05, 0.1) is 5.69 Å². The van der Waals surface area contributed by atoms with Crippen molar-refractivity contribution in [2.45, 2.75) is 39.2 Å². The van der Waals surface area contributed by atoms with Gasteiger partial charge in [0, 0.05) is 13.0 Å². The number of benzene rings is 1. The molecule has 1 amide bonds. The second-order valence-electron chi connectivity index (χ2n) is 6.70. The molecule has 1 unspecified atom stereocenters. The number of nitrogens with two attached hydrogens (primary N) is 1. The van der Waals surface area contributed by atoms with Crippen LogP contribution in [0.25, 0.3) is 5.69 Å². The molecule has 1 aliphatic heterocycles. The van der Waals surface area contributed by atoms with E-state index >= 15 is 0 Å². The van der Waals surface area contributed by atoms with Gasteiger partial charge in [0.25, 0.3) is 0 Å². The van der Waals surface area contributed by atoms with Gasteiger partial charge in [0.2, 0.25) is 5.91 Å². The van der Waals surface area contributed by atoms with Gasteiger partial charge < -0.3 is 5.73 Å². The molecule has 128 valence electrons. The van der Waals surface area contributed by atoms with Crippen LogP contribution < -0.4 is 5.73 Å². The van der Waals surface area contributed by atoms with Crippen LogP contribution >= 0.6 is 0 Å². The Kier molecular flexibility index (Phi) is 5.25. The molecule has 1 aliphatic rings. The molecule has 6 nitrogen and oxygen atoms in total. The largest absolute Gasteiger partial charge is 0.370 e. The maximum Gasteiger partial charge on any atom is 0.217 e. The Morgan fingerprint density at radius 3 is 2.92 bits per heavy atom. The lowest BCUT2D eigenvalue weighted by atomic mass is 9.97. The molecule has 0 aliphatic carbocycles. The van der Waals surface area contributed by atoms with Crippen molar-refractivity contribution in [3.05, 3.63) is 42.0 Å². The minimum atomic E-state index is -0.173. The molecule has 0 radical (unpaired) electrons. The SMILES string of the molecule is Cc1cc(CN2CCCC(CC(N)=O)CC2)ccc1-n1cncn1. The van der Waals surface area contributed by atoms with Crippen molar-refractivity contribution < 1.29 is 4.79 Å². The van der Waals surface area contributed by atoms with Crippen LogP contribution in [0.1, 0.15) is 36.8 Å². The summed E-state index contributed by atoms with van der Waals surface area (Å²) in [4.78, 5) is 17.6. The first kappa shape index (κ1) is 16.6. The molecule has 3 rings (SSSR count). The highest BCUT2D eigenvalue weighted by Gasteiger charge is 2.18. The third-order valence-electron chi connectivity index (χ3n) is 4.76. The van der Waals surface area contributed by atoms with Crippen LogP contribution in [0.5, 0.6) is 0 Å². The minimum Gasteiger partial charge on any atom is -0.370 e. The summed E-state index contributed by atoms with van der Waals surface area (Å²) in [5.41, 5.74) is 8.91. The zero-order chi connectivity index (χ0) is 16.9. The smallest absolute Gasteiger partial charge is 0.217 e. The molecule has 2 heterocycles. The number of amides is 1. The lowest BCUT2D eigenvalue weighted by molar-refractivity contribution is -0.119. The van der Waals surface area contributed by atoms with Gasteiger partial charge in [-0.3, -0.25) is 9.69 Å². The zero-order valence-electron chi connectivity index (χ0n) is 14.2. The number of rotatable bonds is 5. The average Bonchev–Trinajstić information content (AvgIpc) is 2.97. The molecule has 1 fully saturated rings. The molecule has 2 N–H and O–H groups in total. The molecule has 1 saturated heterocycles. The molecule has 6 heteroatoms. The summed E-state index contributed by atoms with van der Waals surface area (Å²) in [5, 5.41) is 4.19. The fourth-order valence-corrected chi connectivity index (χ4v) is 3.54. The van der Waals surface area contributed by atoms with Crippen LogP contribution in [0.15, 0.2) is 30.9 Å². The lowest BCUT2D eigenvalue weighted by Gasteiger charge is -2.21. The zero-order valence-corrected chi connectivity index (χ0v) is 14.2. The predicted molar refractivity (Wildman–Crippen MR) is 92.5 cm³/mol. The fourth-order valence-electron chi connectivity index (χ4n) is 3.54. The van der Waals surface area contributed by atoms with E-state index in [4.69, 9.17) is 5.73 Å². The molecular weight excluding hydrogens is 302 g/mol. The highest BCUT2D eigenvalue weighted by molar-refractivity contribution is 5.73. The Labute approximate surface area is 142 Å². The monoisotopic (exact) mass is 327 g/mol. The molecule has 0 bridgehead atoms. The lowest BCUT2D eigenvalue weighted by Crippen LogP contribution is -2.24. The summed E-state index contributed by atoms with van der Waals surface area (Å²) in [7, 11) is 0. The van der Waals surface area contributed by atoms with Crippen molar-refractivity contribution >= 4 is 5.91 Å². The summed E-state index contributed by atoms with van der Waals surface area (Å²) < 4.78 is 1.79. The molecule has 2 aromatic rings. The molecule has 1 aromatic heterocycles. The van der Waals surface area contributed by atoms with E-state index in [1.807, 2.05) is 0 Å². The van der Waals surface area contributed by atoms with Crippen molar-refractivity contribution in [2.75, 3.05) is 13.1 Å². The van der Waals surface area contributed by atoms with E-state index < -0.39 is 0 Å². The van der Waals surface area contributed by atoms with Crippen molar-refractivity contribution in [1.82, 2.24) is 19.7 Å². The maximum atomic E-state index is 11.1. The van der Waals surface area contributed by atoms with Gasteiger partial charge in [0.15, 0.2) is 0 Å². The quantitative estimate of drug-likeness (QED) is 0.912. The number of primary amides is 1. The van der Waals surface area contributed by atoms with E-state index in [1.54, 1.807) is 17.3 Å². The third kappa shape index (κ3) is 4.20. The van der Waals surface area contributed by atoms with E-state index in [1.165, 1.54) is 11.1 Å². The molecule has 1 aromatic carbocycles. The van der Waals surface area contributed by atoms with Gasteiger partial charge >= 0.3 is 0 Å². The normalized spacial score (nSPS) is 19.1. The van der Waals surface area contributed by atoms with E-state index in [9.17, 15) is 4.79 Å². The molecule has 24 heavy (non-hydrogen) atoms. The van der Waals surface area contributed by atoms with Crippen LogP contribution in [-0.4, -0.2) is 38.7 Å². The van der Waals surface area contributed by atoms with E-state index in [0.717, 1.165) is 44.6 Å². The fraction of sp³-hybridized carbons (Fsp3) is 0.500. The first-order valence-electron chi connectivity index (χ1n) is 8.57. The number of aryl methyl sites for hydroxylation is 1. The van der Waals surface area contributed by atoms with Gasteiger partial charge in [-0.05, 0) is 62.4 Å². The van der Waals surface area contributed by atoms with Crippen LogP contribution in [0.3, 0.4) is 0 Å². The van der Waals surface area contributed by atoms with E-state index in [-0.39, 0.29) is 5.91 Å². The number of hydrogen-bond acceptors (Lipinski definition) is 4. The molecule has 1 atom stereocenters. The highest BCUT2D eigenvalue weighted by atomic mass is 16.1. The number of nitrogens with zero attached hydrogens (tertiary/aromatic N) is 4. The minimum absolute atomic E-state index is 0.173. The number of likely N-dealkylation sites (tertiary alicyclic amines) is 1. The highest BCUT2D eigenvalue weighted by Crippen LogP contribution is 2.22. The first-order valence-corrected chi connectivity index (χ1v) is 8.57. The van der Waals surface area contributed by atoms with E-state index in [0.29, 0.717) is 12.3 Å². The Balaban J connectivity index is 1.62. The van der Waals surface area contributed by atoms with Crippen molar-refractivity contribution in [1.29, 1.82) is 0 Å². The number of carbonyl (C=O) groups is 1. The van der Waals surface area contributed by atoms with Gasteiger partial charge in [-0.15, -0.1) is 0 Å². The van der Waals surface area contributed by atoms with Crippen LogP contribution in [0.4, 0.5) is 0 Å². The molecule has 0 saturated carbocycles. The number of carbonyl (C=O) groups excluding carboxylic acids is 1. The van der Waals surface area contributed by atoms with Crippen LogP contribution in [0.2, 0.25) is 0 Å². The second-order valence-corrected chi connectivity index (χ2v) is 6.70. The van der Waals surface area contributed by atoms with Gasteiger partial charge in [0.1, 0.15) is 12.7 Å². The summed E-state index contributed by atoms with van der Waals surface area (Å²) in [5.74, 6) is 0.275. The summed E-state index contributed by atoms with van der Waals surface area (Å²) in [6.07, 6.45) is 7.08. The second kappa shape index (κ2) is 7.57. The van der Waals surface area contributed by atoms with E-state index in [2.05, 4.69) is 40.1 Å². The number of aromatic nitrogens is 3. The summed E-state index contributed by atoms with van der Waals surface area (Å²) in [6, 6.07) is 6.49. The topological polar surface area (TPSA) is 77.0 Å². The first-order chi connectivity index (χ1) is 11.6. The van der Waals surface area contributed by atoms with Crippen molar-refractivity contribution in [3.8, 4) is 5.69 Å². The Hall–Kier alpha value is -2.21.